The number of rotatable bonds is 5. The smallest absolute Gasteiger partial charge is 0.372 e. The molecule has 26 heavy (non-hydrogen) atoms. The molecule has 140 valence electrons. The maximum absolute atomic E-state index is 12.7. The molecule has 0 aliphatic heterocycles. The van der Waals surface area contributed by atoms with Crippen LogP contribution in [0, 0.1) is 9.49 Å². The average Bonchev–Trinajstić information content (AvgIpc) is 2.54. The number of benzene rings is 2. The zero-order valence-corrected chi connectivity index (χ0v) is 16.9. The summed E-state index contributed by atoms with van der Waals surface area (Å²) in [5, 5.41) is 5.65. The maximum atomic E-state index is 12.7. The Labute approximate surface area is 168 Å². The van der Waals surface area contributed by atoms with Gasteiger partial charge in [-0.25, -0.2) is 0 Å². The number of hydrogen-bond donors (Lipinski definition) is 2. The molecule has 0 bridgehead atoms. The third kappa shape index (κ3) is 5.51. The first-order valence-corrected chi connectivity index (χ1v) is 9.23. The van der Waals surface area contributed by atoms with Crippen molar-refractivity contribution in [1.82, 2.24) is 0 Å². The van der Waals surface area contributed by atoms with E-state index < -0.39 is 17.8 Å². The molecule has 1 amide bonds. The maximum Gasteiger partial charge on any atom is 0.416 e. The highest BCUT2D eigenvalue weighted by Crippen LogP contribution is 2.34. The molecule has 0 heterocycles. The van der Waals surface area contributed by atoms with Crippen molar-refractivity contribution >= 4 is 51.5 Å². The summed E-state index contributed by atoms with van der Waals surface area (Å²) in [5.41, 5.74) is 0.0787. The molecule has 2 aromatic carbocycles. The summed E-state index contributed by atoms with van der Waals surface area (Å²) in [6.07, 6.45) is -4.47. The van der Waals surface area contributed by atoms with Crippen molar-refractivity contribution in [3.63, 3.8) is 0 Å². The van der Waals surface area contributed by atoms with Crippen LogP contribution in [0.5, 0.6) is 0 Å². The van der Waals surface area contributed by atoms with E-state index in [0.29, 0.717) is 5.69 Å². The molecule has 3 nitrogen and oxygen atoms in total. The van der Waals surface area contributed by atoms with Gasteiger partial charge in [-0.2, -0.15) is 13.2 Å². The normalized spacial score (nSPS) is 12.8. The number of hydrogen-bond acceptors (Lipinski definition) is 2. The number of amides is 1. The summed E-state index contributed by atoms with van der Waals surface area (Å²) < 4.78 is 39.3. The number of halogens is 5. The largest absolute Gasteiger partial charge is 0.416 e. The molecule has 0 radical (unpaired) electrons. The Morgan fingerprint density at radius 3 is 2.23 bits per heavy atom. The number of carbonyl (C=O) groups is 1. The van der Waals surface area contributed by atoms with Crippen LogP contribution in [-0.2, 0) is 11.0 Å². The fourth-order valence-corrected chi connectivity index (χ4v) is 2.86. The Balaban J connectivity index is 2.17. The monoisotopic (exact) mass is 496 g/mol. The van der Waals surface area contributed by atoms with Crippen LogP contribution in [0.3, 0.4) is 0 Å². The van der Waals surface area contributed by atoms with Crippen molar-refractivity contribution in [3.05, 3.63) is 56.6 Å². The van der Waals surface area contributed by atoms with Crippen molar-refractivity contribution in [3.8, 4) is 0 Å². The highest BCUT2D eigenvalue weighted by molar-refractivity contribution is 14.1. The van der Waals surface area contributed by atoms with Crippen LogP contribution in [0.1, 0.15) is 19.4 Å². The molecule has 2 N–H and O–H groups in total. The second-order valence-electron chi connectivity index (χ2n) is 6.05. The van der Waals surface area contributed by atoms with Gasteiger partial charge in [-0.3, -0.25) is 4.79 Å². The van der Waals surface area contributed by atoms with E-state index in [-0.39, 0.29) is 22.5 Å². The van der Waals surface area contributed by atoms with Gasteiger partial charge >= 0.3 is 6.18 Å². The van der Waals surface area contributed by atoms with Gasteiger partial charge in [0.2, 0.25) is 5.91 Å². The van der Waals surface area contributed by atoms with E-state index in [1.807, 2.05) is 26.0 Å². The van der Waals surface area contributed by atoms with Crippen molar-refractivity contribution in [1.29, 1.82) is 0 Å². The van der Waals surface area contributed by atoms with Gasteiger partial charge in [-0.15, -0.1) is 0 Å². The predicted octanol–water partition coefficient (Wildman–Crippen LogP) is 6.04. The van der Waals surface area contributed by atoms with E-state index >= 15 is 0 Å². The highest BCUT2D eigenvalue weighted by Gasteiger charge is 2.31. The van der Waals surface area contributed by atoms with Crippen LogP contribution in [0.15, 0.2) is 42.5 Å². The van der Waals surface area contributed by atoms with Gasteiger partial charge in [0, 0.05) is 9.26 Å². The van der Waals surface area contributed by atoms with Gasteiger partial charge in [0.25, 0.3) is 0 Å². The first kappa shape index (κ1) is 20.8. The van der Waals surface area contributed by atoms with Gasteiger partial charge in [0.15, 0.2) is 0 Å². The molecule has 8 heteroatoms. The van der Waals surface area contributed by atoms with E-state index in [0.717, 1.165) is 15.7 Å². The Morgan fingerprint density at radius 1 is 1.12 bits per heavy atom. The first-order valence-electron chi connectivity index (χ1n) is 7.77. The quantitative estimate of drug-likeness (QED) is 0.496. The van der Waals surface area contributed by atoms with Crippen molar-refractivity contribution in [2.45, 2.75) is 26.1 Å². The van der Waals surface area contributed by atoms with Crippen molar-refractivity contribution in [2.24, 2.45) is 5.92 Å². The van der Waals surface area contributed by atoms with E-state index in [9.17, 15) is 18.0 Å². The standard InChI is InChI=1S/C18H17ClF3IN2O/c1-10(2)16(17(26)24-13-6-4-12(23)5-7-13)25-15-8-3-11(9-14(15)19)18(20,21)22/h3-10,16,25H,1-2H3,(H,24,26). The van der Waals surface area contributed by atoms with E-state index in [1.165, 1.54) is 6.07 Å². The molecule has 0 fully saturated rings. The molecular weight excluding hydrogens is 480 g/mol. The van der Waals surface area contributed by atoms with Crippen molar-refractivity contribution in [2.75, 3.05) is 10.6 Å². The van der Waals surface area contributed by atoms with Crippen LogP contribution < -0.4 is 10.6 Å². The molecule has 1 atom stereocenters. The molecule has 0 spiro atoms. The van der Waals surface area contributed by atoms with E-state index in [4.69, 9.17) is 11.6 Å². The van der Waals surface area contributed by atoms with Gasteiger partial charge < -0.3 is 10.6 Å². The van der Waals surface area contributed by atoms with Gasteiger partial charge in [-0.1, -0.05) is 25.4 Å². The van der Waals surface area contributed by atoms with Crippen LogP contribution in [0.2, 0.25) is 5.02 Å². The molecule has 0 aliphatic rings. The van der Waals surface area contributed by atoms with Crippen LogP contribution in [-0.4, -0.2) is 11.9 Å². The second kappa shape index (κ2) is 8.47. The number of carbonyl (C=O) groups excluding carboxylic acids is 1. The molecule has 0 saturated carbocycles. The van der Waals surface area contributed by atoms with Gasteiger partial charge in [0.05, 0.1) is 16.3 Å². The average molecular weight is 497 g/mol. The first-order chi connectivity index (χ1) is 12.1. The van der Waals surface area contributed by atoms with Crippen LogP contribution in [0.25, 0.3) is 0 Å². The second-order valence-corrected chi connectivity index (χ2v) is 7.71. The SMILES string of the molecule is CC(C)C(Nc1ccc(C(F)(F)F)cc1Cl)C(=O)Nc1ccc(I)cc1. The Hall–Kier alpha value is -1.48. The lowest BCUT2D eigenvalue weighted by molar-refractivity contribution is -0.137. The predicted molar refractivity (Wildman–Crippen MR) is 106 cm³/mol. The number of alkyl halides is 3. The number of anilines is 2. The van der Waals surface area contributed by atoms with Crippen LogP contribution in [0.4, 0.5) is 24.5 Å². The minimum absolute atomic E-state index is 0.0902. The molecule has 2 rings (SSSR count). The molecule has 1 unspecified atom stereocenters. The lowest BCUT2D eigenvalue weighted by Gasteiger charge is -2.23. The summed E-state index contributed by atoms with van der Waals surface area (Å²) >= 11 is 8.13. The third-order valence-electron chi connectivity index (χ3n) is 3.67. The Kier molecular flexibility index (Phi) is 6.79. The zero-order chi connectivity index (χ0) is 19.5. The minimum Gasteiger partial charge on any atom is -0.372 e. The van der Waals surface area contributed by atoms with Crippen LogP contribution >= 0.6 is 34.2 Å². The molecular formula is C18H17ClF3IN2O. The summed E-state index contributed by atoms with van der Waals surface area (Å²) in [5.74, 6) is -0.408. The minimum atomic E-state index is -4.47. The van der Waals surface area contributed by atoms with E-state index in [1.54, 1.807) is 12.1 Å². The molecule has 0 saturated heterocycles. The van der Waals surface area contributed by atoms with E-state index in [2.05, 4.69) is 33.2 Å². The Bertz CT molecular complexity index is 779. The zero-order valence-electron chi connectivity index (χ0n) is 14.0. The molecule has 0 aliphatic carbocycles. The molecule has 0 aromatic heterocycles. The lowest BCUT2D eigenvalue weighted by Crippen LogP contribution is -2.39. The summed E-state index contributed by atoms with van der Waals surface area (Å²) in [6, 6.07) is 9.63. The fourth-order valence-electron chi connectivity index (χ4n) is 2.26. The highest BCUT2D eigenvalue weighted by atomic mass is 127. The lowest BCUT2D eigenvalue weighted by atomic mass is 10.0. The third-order valence-corrected chi connectivity index (χ3v) is 4.70. The summed E-state index contributed by atoms with van der Waals surface area (Å²) in [4.78, 5) is 12.6. The topological polar surface area (TPSA) is 41.1 Å². The van der Waals surface area contributed by atoms with Gasteiger partial charge in [0.1, 0.15) is 6.04 Å². The summed E-state index contributed by atoms with van der Waals surface area (Å²) in [6.45, 7) is 3.67. The van der Waals surface area contributed by atoms with Gasteiger partial charge in [-0.05, 0) is 71.0 Å². The van der Waals surface area contributed by atoms with Crippen molar-refractivity contribution < 1.29 is 18.0 Å². The fraction of sp³-hybridized carbons (Fsp3) is 0.278. The Morgan fingerprint density at radius 2 is 1.73 bits per heavy atom. The molecule has 2 aromatic rings. The number of nitrogens with one attached hydrogen (secondary N) is 2. The summed E-state index contributed by atoms with van der Waals surface area (Å²) in [7, 11) is 0.